The largest absolute Gasteiger partial charge is 0.340 e. The molecule has 0 aliphatic heterocycles. The second-order valence-electron chi connectivity index (χ2n) is 8.69. The minimum Gasteiger partial charge on any atom is -0.340 e. The van der Waals surface area contributed by atoms with Crippen molar-refractivity contribution in [2.24, 2.45) is 0 Å². The summed E-state index contributed by atoms with van der Waals surface area (Å²) in [7, 11) is 0. The highest BCUT2D eigenvalue weighted by atomic mass is 16.2. The number of anilines is 1. The third-order valence-corrected chi connectivity index (χ3v) is 5.56. The molecule has 3 aromatic carbocycles. The maximum Gasteiger partial charge on any atom is 0.251 e. The number of nitrogens with one attached hydrogen (secondary N) is 2. The molecule has 0 aliphatic rings. The number of hydrogen-bond donors (Lipinski definition) is 2. The van der Waals surface area contributed by atoms with Crippen molar-refractivity contribution in [1.82, 2.24) is 5.32 Å². The highest BCUT2D eigenvalue weighted by Crippen LogP contribution is 2.32. The molecular formula is C28H32N2O2. The van der Waals surface area contributed by atoms with Crippen molar-refractivity contribution in [3.05, 3.63) is 101 Å². The van der Waals surface area contributed by atoms with Gasteiger partial charge >= 0.3 is 0 Å². The van der Waals surface area contributed by atoms with Gasteiger partial charge in [0.25, 0.3) is 5.91 Å². The van der Waals surface area contributed by atoms with Gasteiger partial charge in [0, 0.05) is 17.7 Å². The van der Waals surface area contributed by atoms with Crippen LogP contribution in [-0.4, -0.2) is 17.9 Å². The van der Waals surface area contributed by atoms with Crippen LogP contribution in [0.5, 0.6) is 0 Å². The van der Waals surface area contributed by atoms with Crippen LogP contribution in [-0.2, 0) is 11.2 Å². The highest BCUT2D eigenvalue weighted by molar-refractivity contribution is 6.02. The lowest BCUT2D eigenvalue weighted by atomic mass is 9.92. The van der Waals surface area contributed by atoms with Gasteiger partial charge in [0.05, 0.1) is 0 Å². The van der Waals surface area contributed by atoms with Crippen LogP contribution in [0.25, 0.3) is 0 Å². The second kappa shape index (κ2) is 10.8. The fourth-order valence-electron chi connectivity index (χ4n) is 3.80. The van der Waals surface area contributed by atoms with Crippen LogP contribution in [0.3, 0.4) is 0 Å². The van der Waals surface area contributed by atoms with E-state index >= 15 is 0 Å². The quantitative estimate of drug-likeness (QED) is 0.468. The van der Waals surface area contributed by atoms with Crippen LogP contribution in [0.15, 0.2) is 78.9 Å². The Morgan fingerprint density at radius 2 is 1.25 bits per heavy atom. The van der Waals surface area contributed by atoms with E-state index in [1.165, 1.54) is 0 Å². The highest BCUT2D eigenvalue weighted by Gasteiger charge is 2.24. The Balaban J connectivity index is 1.91. The van der Waals surface area contributed by atoms with Crippen molar-refractivity contribution in [3.8, 4) is 0 Å². The lowest BCUT2D eigenvalue weighted by molar-refractivity contribution is -0.118. The van der Waals surface area contributed by atoms with Gasteiger partial charge in [0.15, 0.2) is 0 Å². The summed E-state index contributed by atoms with van der Waals surface area (Å²) in [4.78, 5) is 26.4. The zero-order valence-electron chi connectivity index (χ0n) is 19.3. The molecule has 0 saturated heterocycles. The van der Waals surface area contributed by atoms with E-state index in [0.717, 1.165) is 22.4 Å². The van der Waals surface area contributed by atoms with Gasteiger partial charge in [-0.05, 0) is 40.7 Å². The fourth-order valence-corrected chi connectivity index (χ4v) is 3.80. The first-order valence-corrected chi connectivity index (χ1v) is 11.2. The average molecular weight is 429 g/mol. The number of amides is 2. The van der Waals surface area contributed by atoms with E-state index in [2.05, 4.69) is 50.5 Å². The van der Waals surface area contributed by atoms with Crippen LogP contribution in [0.1, 0.15) is 66.6 Å². The molecule has 3 rings (SSSR count). The lowest BCUT2D eigenvalue weighted by Crippen LogP contribution is -2.45. The maximum atomic E-state index is 13.5. The van der Waals surface area contributed by atoms with Crippen LogP contribution in [0.2, 0.25) is 0 Å². The molecule has 2 amide bonds. The number of hydrogen-bond acceptors (Lipinski definition) is 2. The lowest BCUT2D eigenvalue weighted by Gasteiger charge is -2.24. The first-order valence-electron chi connectivity index (χ1n) is 11.2. The van der Waals surface area contributed by atoms with E-state index in [9.17, 15) is 9.59 Å². The third-order valence-electron chi connectivity index (χ3n) is 5.56. The summed E-state index contributed by atoms with van der Waals surface area (Å²) >= 11 is 0. The second-order valence-corrected chi connectivity index (χ2v) is 8.69. The summed E-state index contributed by atoms with van der Waals surface area (Å²) in [5.41, 5.74) is 4.57. The minimum atomic E-state index is -0.703. The molecule has 3 aromatic rings. The molecule has 32 heavy (non-hydrogen) atoms. The summed E-state index contributed by atoms with van der Waals surface area (Å²) in [5.74, 6) is 0.0435. The van der Waals surface area contributed by atoms with Crippen LogP contribution in [0.4, 0.5) is 5.69 Å². The van der Waals surface area contributed by atoms with E-state index in [1.54, 1.807) is 12.1 Å². The molecule has 0 aliphatic carbocycles. The smallest absolute Gasteiger partial charge is 0.251 e. The zero-order chi connectivity index (χ0) is 23.1. The first-order chi connectivity index (χ1) is 15.4. The molecule has 0 spiro atoms. The molecule has 4 heteroatoms. The van der Waals surface area contributed by atoms with E-state index in [1.807, 2.05) is 54.6 Å². The summed E-state index contributed by atoms with van der Waals surface area (Å²) in [5, 5.41) is 6.11. The molecular weight excluding hydrogens is 396 g/mol. The molecule has 0 fully saturated rings. The van der Waals surface area contributed by atoms with Gasteiger partial charge in [0.2, 0.25) is 5.91 Å². The molecule has 0 saturated carbocycles. The Kier molecular flexibility index (Phi) is 7.82. The predicted octanol–water partition coefficient (Wildman–Crippen LogP) is 5.91. The molecule has 166 valence electrons. The van der Waals surface area contributed by atoms with E-state index in [-0.39, 0.29) is 23.7 Å². The van der Waals surface area contributed by atoms with Crippen molar-refractivity contribution in [1.29, 1.82) is 0 Å². The molecule has 0 aromatic heterocycles. The number of rotatable bonds is 8. The zero-order valence-corrected chi connectivity index (χ0v) is 19.3. The van der Waals surface area contributed by atoms with Gasteiger partial charge in [-0.15, -0.1) is 0 Å². The topological polar surface area (TPSA) is 58.2 Å². The number of para-hydroxylation sites is 1. The maximum absolute atomic E-state index is 13.5. The van der Waals surface area contributed by atoms with Crippen molar-refractivity contribution in [2.75, 3.05) is 5.32 Å². The Morgan fingerprint density at radius 1 is 0.719 bits per heavy atom. The predicted molar refractivity (Wildman–Crippen MR) is 131 cm³/mol. The van der Waals surface area contributed by atoms with E-state index in [0.29, 0.717) is 12.0 Å². The summed E-state index contributed by atoms with van der Waals surface area (Å²) < 4.78 is 0. The van der Waals surface area contributed by atoms with Crippen LogP contribution in [0, 0.1) is 0 Å². The Morgan fingerprint density at radius 3 is 1.78 bits per heavy atom. The monoisotopic (exact) mass is 428 g/mol. The number of carbonyl (C=O) groups is 2. The Labute approximate surface area is 191 Å². The average Bonchev–Trinajstić information content (AvgIpc) is 2.79. The summed E-state index contributed by atoms with van der Waals surface area (Å²) in [6.45, 7) is 8.48. The minimum absolute atomic E-state index is 0.215. The molecule has 4 nitrogen and oxygen atoms in total. The van der Waals surface area contributed by atoms with E-state index in [4.69, 9.17) is 0 Å². The van der Waals surface area contributed by atoms with Crippen molar-refractivity contribution < 1.29 is 9.59 Å². The van der Waals surface area contributed by atoms with Gasteiger partial charge < -0.3 is 10.6 Å². The number of benzene rings is 3. The van der Waals surface area contributed by atoms with Gasteiger partial charge in [-0.1, -0.05) is 94.4 Å². The van der Waals surface area contributed by atoms with Gasteiger partial charge in [0.1, 0.15) is 6.04 Å². The van der Waals surface area contributed by atoms with Crippen molar-refractivity contribution in [3.63, 3.8) is 0 Å². The van der Waals surface area contributed by atoms with Crippen molar-refractivity contribution >= 4 is 17.5 Å². The van der Waals surface area contributed by atoms with Crippen LogP contribution < -0.4 is 10.6 Å². The SMILES string of the molecule is CC(C)c1cccc(C(C)C)c1NC(=O)C(Cc1ccccc1)NC(=O)c1ccccc1. The third kappa shape index (κ3) is 5.85. The molecule has 1 atom stereocenters. The fraction of sp³-hybridized carbons (Fsp3) is 0.286. The molecule has 2 N–H and O–H groups in total. The summed E-state index contributed by atoms with van der Waals surface area (Å²) in [6, 6.07) is 24.2. The first kappa shape index (κ1) is 23.3. The number of carbonyl (C=O) groups excluding carboxylic acids is 2. The van der Waals surface area contributed by atoms with Crippen LogP contribution >= 0.6 is 0 Å². The summed E-state index contributed by atoms with van der Waals surface area (Å²) in [6.07, 6.45) is 0.409. The van der Waals surface area contributed by atoms with Crippen molar-refractivity contribution in [2.45, 2.75) is 52.0 Å². The normalized spacial score (nSPS) is 11.9. The molecule has 1 unspecified atom stereocenters. The molecule has 0 radical (unpaired) electrons. The van der Waals surface area contributed by atoms with Gasteiger partial charge in [-0.2, -0.15) is 0 Å². The Bertz CT molecular complexity index is 1020. The van der Waals surface area contributed by atoms with Gasteiger partial charge in [-0.25, -0.2) is 0 Å². The molecule has 0 heterocycles. The van der Waals surface area contributed by atoms with E-state index < -0.39 is 6.04 Å². The standard InChI is InChI=1S/C28H32N2O2/c1-19(2)23-16-11-17-24(20(3)4)26(23)30-28(32)25(18-21-12-7-5-8-13-21)29-27(31)22-14-9-6-10-15-22/h5-17,19-20,25H,18H2,1-4H3,(H,29,31)(H,30,32). The van der Waals surface area contributed by atoms with Gasteiger partial charge in [-0.3, -0.25) is 9.59 Å². The molecule has 0 bridgehead atoms. The Hall–Kier alpha value is -3.40.